The van der Waals surface area contributed by atoms with Crippen LogP contribution in [-0.4, -0.2) is 20.8 Å². The first-order valence-corrected chi connectivity index (χ1v) is 11.4. The summed E-state index contributed by atoms with van der Waals surface area (Å²) in [7, 11) is 0. The molecule has 0 fully saturated rings. The molecule has 0 saturated heterocycles. The molecule has 33 heavy (non-hydrogen) atoms. The summed E-state index contributed by atoms with van der Waals surface area (Å²) in [5.74, 6) is 2.02. The van der Waals surface area contributed by atoms with Crippen LogP contribution < -0.4 is 4.74 Å². The number of aromatic nitrogens is 2. The molecule has 0 aliphatic heterocycles. The van der Waals surface area contributed by atoms with Crippen LogP contribution in [0.2, 0.25) is 0 Å². The van der Waals surface area contributed by atoms with Gasteiger partial charge in [0.05, 0.1) is 11.0 Å². The van der Waals surface area contributed by atoms with Gasteiger partial charge in [-0.05, 0) is 60.2 Å². The first-order chi connectivity index (χ1) is 15.9. The molecule has 170 valence electrons. The van der Waals surface area contributed by atoms with Crippen LogP contribution in [0.3, 0.4) is 0 Å². The smallest absolute Gasteiger partial charge is 0.449 e. The number of rotatable bonds is 7. The number of hydrogen-bond donors (Lipinski definition) is 1. The molecule has 0 aliphatic carbocycles. The molecule has 0 aliphatic rings. The number of ether oxygens (including phenoxy) is 1. The summed E-state index contributed by atoms with van der Waals surface area (Å²) in [4.78, 5) is 16.0. The van der Waals surface area contributed by atoms with Gasteiger partial charge in [0.15, 0.2) is 0 Å². The minimum absolute atomic E-state index is 0.333. The van der Waals surface area contributed by atoms with Gasteiger partial charge in [-0.2, -0.15) is 0 Å². The first kappa shape index (κ1) is 22.6. The number of aryl methyl sites for hydroxylation is 2. The van der Waals surface area contributed by atoms with Crippen LogP contribution in [-0.2, 0) is 13.0 Å². The third-order valence-corrected chi connectivity index (χ3v) is 6.36. The van der Waals surface area contributed by atoms with Crippen LogP contribution in [0.5, 0.6) is 5.75 Å². The molecule has 3 aromatic carbocycles. The summed E-state index contributed by atoms with van der Waals surface area (Å²) >= 11 is 0. The van der Waals surface area contributed by atoms with Gasteiger partial charge >= 0.3 is 6.16 Å². The molecule has 5 heteroatoms. The maximum atomic E-state index is 11.0. The molecule has 1 atom stereocenters. The Bertz CT molecular complexity index is 1290. The molecule has 0 spiro atoms. The third kappa shape index (κ3) is 4.92. The number of carbonyl (C=O) groups is 1. The topological polar surface area (TPSA) is 64.4 Å². The van der Waals surface area contributed by atoms with Gasteiger partial charge in [-0.1, -0.05) is 62.7 Å². The van der Waals surface area contributed by atoms with Crippen molar-refractivity contribution in [2.24, 2.45) is 5.92 Å². The van der Waals surface area contributed by atoms with Crippen molar-refractivity contribution in [3.8, 4) is 16.9 Å². The van der Waals surface area contributed by atoms with Crippen LogP contribution in [0.4, 0.5) is 4.79 Å². The van der Waals surface area contributed by atoms with Gasteiger partial charge in [0.25, 0.3) is 0 Å². The second-order valence-electron chi connectivity index (χ2n) is 8.82. The molecule has 1 heterocycles. The predicted octanol–water partition coefficient (Wildman–Crippen LogP) is 7.01. The van der Waals surface area contributed by atoms with Gasteiger partial charge < -0.3 is 14.4 Å². The first-order valence-electron chi connectivity index (χ1n) is 11.4. The van der Waals surface area contributed by atoms with Crippen molar-refractivity contribution in [3.63, 3.8) is 0 Å². The van der Waals surface area contributed by atoms with E-state index in [1.165, 1.54) is 22.2 Å². The molecule has 0 bridgehead atoms. The lowest BCUT2D eigenvalue weighted by atomic mass is 10.0. The number of nitrogens with zero attached hydrogens (tertiary/aromatic N) is 2. The number of hydrogen-bond acceptors (Lipinski definition) is 3. The second-order valence-corrected chi connectivity index (χ2v) is 8.82. The number of imidazole rings is 1. The van der Waals surface area contributed by atoms with Gasteiger partial charge in [0.1, 0.15) is 11.6 Å². The van der Waals surface area contributed by atoms with Crippen molar-refractivity contribution in [2.45, 2.75) is 47.1 Å². The van der Waals surface area contributed by atoms with Crippen LogP contribution in [0, 0.1) is 19.8 Å². The Kier molecular flexibility index (Phi) is 6.50. The SMILES string of the molecule is CCC(C)Cc1nc2cc(C)c(C)cc2n1Cc1ccc(-c2ccccc2OC(=O)O)cc1. The molecule has 4 rings (SSSR count). The monoisotopic (exact) mass is 442 g/mol. The number of para-hydroxylation sites is 1. The highest BCUT2D eigenvalue weighted by Gasteiger charge is 2.15. The zero-order valence-corrected chi connectivity index (χ0v) is 19.6. The van der Waals surface area contributed by atoms with Gasteiger partial charge in [-0.15, -0.1) is 0 Å². The van der Waals surface area contributed by atoms with Crippen molar-refractivity contribution in [2.75, 3.05) is 0 Å². The average molecular weight is 443 g/mol. The maximum Gasteiger partial charge on any atom is 0.511 e. The third-order valence-electron chi connectivity index (χ3n) is 6.36. The molecule has 1 aromatic heterocycles. The highest BCUT2D eigenvalue weighted by atomic mass is 16.7. The zero-order valence-electron chi connectivity index (χ0n) is 19.6. The van der Waals surface area contributed by atoms with Crippen LogP contribution in [0.15, 0.2) is 60.7 Å². The Morgan fingerprint density at radius 3 is 2.45 bits per heavy atom. The van der Waals surface area contributed by atoms with Crippen molar-refractivity contribution in [1.82, 2.24) is 9.55 Å². The van der Waals surface area contributed by atoms with E-state index in [1.54, 1.807) is 12.1 Å². The molecule has 1 N–H and O–H groups in total. The molecular formula is C28H30N2O3. The Morgan fingerprint density at radius 1 is 1.06 bits per heavy atom. The summed E-state index contributed by atoms with van der Waals surface area (Å²) in [6.45, 7) is 9.50. The Morgan fingerprint density at radius 2 is 1.76 bits per heavy atom. The lowest BCUT2D eigenvalue weighted by Gasteiger charge is -2.14. The highest BCUT2D eigenvalue weighted by molar-refractivity contribution is 5.78. The fraction of sp³-hybridized carbons (Fsp3) is 0.286. The van der Waals surface area contributed by atoms with Crippen molar-refractivity contribution < 1.29 is 14.6 Å². The second kappa shape index (κ2) is 9.49. The van der Waals surface area contributed by atoms with Gasteiger partial charge in [-0.3, -0.25) is 0 Å². The van der Waals surface area contributed by atoms with E-state index < -0.39 is 6.16 Å². The standard InChI is InChI=1S/C28H30N2O3/c1-5-18(2)14-27-29-24-15-19(3)20(4)16-25(24)30(27)17-21-10-12-22(13-11-21)23-8-6-7-9-26(23)33-28(31)32/h6-13,15-16,18H,5,14,17H2,1-4H3,(H,31,32). The van der Waals surface area contributed by atoms with Gasteiger partial charge in [-0.25, -0.2) is 9.78 Å². The lowest BCUT2D eigenvalue weighted by Crippen LogP contribution is -2.09. The van der Waals surface area contributed by atoms with Crippen LogP contribution >= 0.6 is 0 Å². The maximum absolute atomic E-state index is 11.0. The minimum atomic E-state index is -1.31. The van der Waals surface area contributed by atoms with E-state index in [0.29, 0.717) is 11.7 Å². The summed E-state index contributed by atoms with van der Waals surface area (Å²) in [5, 5.41) is 9.02. The quantitative estimate of drug-likeness (QED) is 0.247. The van der Waals surface area contributed by atoms with Gasteiger partial charge in [0.2, 0.25) is 0 Å². The van der Waals surface area contributed by atoms with Crippen LogP contribution in [0.25, 0.3) is 22.2 Å². The fourth-order valence-electron chi connectivity index (χ4n) is 4.08. The van der Waals surface area contributed by atoms with E-state index in [2.05, 4.69) is 56.5 Å². The van der Waals surface area contributed by atoms with E-state index in [0.717, 1.165) is 41.9 Å². The van der Waals surface area contributed by atoms with Crippen molar-refractivity contribution in [1.29, 1.82) is 0 Å². The molecule has 5 nitrogen and oxygen atoms in total. The van der Waals surface area contributed by atoms with E-state index >= 15 is 0 Å². The Balaban J connectivity index is 1.68. The van der Waals surface area contributed by atoms with Crippen LogP contribution in [0.1, 0.15) is 42.8 Å². The predicted molar refractivity (Wildman–Crippen MR) is 132 cm³/mol. The number of fused-ring (bicyclic) bond motifs is 1. The molecule has 0 radical (unpaired) electrons. The van der Waals surface area contributed by atoms with Crippen molar-refractivity contribution in [3.05, 3.63) is 83.2 Å². The van der Waals surface area contributed by atoms with E-state index in [-0.39, 0.29) is 0 Å². The molecule has 0 amide bonds. The summed E-state index contributed by atoms with van der Waals surface area (Å²) in [6.07, 6.45) is 0.750. The number of benzene rings is 3. The van der Waals surface area contributed by atoms with Gasteiger partial charge in [0, 0.05) is 18.5 Å². The summed E-state index contributed by atoms with van der Waals surface area (Å²) < 4.78 is 7.29. The Hall–Kier alpha value is -3.60. The minimum Gasteiger partial charge on any atom is -0.449 e. The van der Waals surface area contributed by atoms with E-state index in [1.807, 2.05) is 24.3 Å². The molecule has 4 aromatic rings. The highest BCUT2D eigenvalue weighted by Crippen LogP contribution is 2.31. The van der Waals surface area contributed by atoms with E-state index in [9.17, 15) is 4.79 Å². The normalized spacial score (nSPS) is 12.1. The largest absolute Gasteiger partial charge is 0.511 e. The molecule has 0 saturated carbocycles. The summed E-state index contributed by atoms with van der Waals surface area (Å²) in [5.41, 5.74) is 7.57. The molecule has 1 unspecified atom stereocenters. The number of carboxylic acid groups (broad SMARTS) is 1. The Labute approximate surface area is 194 Å². The molecular weight excluding hydrogens is 412 g/mol. The lowest BCUT2D eigenvalue weighted by molar-refractivity contribution is 0.144. The van der Waals surface area contributed by atoms with E-state index in [4.69, 9.17) is 14.8 Å². The fourth-order valence-corrected chi connectivity index (χ4v) is 4.08. The van der Waals surface area contributed by atoms with Crippen molar-refractivity contribution >= 4 is 17.2 Å². The average Bonchev–Trinajstić information content (AvgIpc) is 3.10. The summed E-state index contributed by atoms with van der Waals surface area (Å²) in [6, 6.07) is 19.8. The zero-order chi connectivity index (χ0) is 23.5.